The molecule has 3 nitrogen and oxygen atoms in total. The van der Waals surface area contributed by atoms with Crippen molar-refractivity contribution in [1.29, 1.82) is 0 Å². The van der Waals surface area contributed by atoms with Gasteiger partial charge in [0.05, 0.1) is 17.3 Å². The second-order valence-electron chi connectivity index (χ2n) is 10.2. The highest BCUT2D eigenvalue weighted by Crippen LogP contribution is 2.42. The molecule has 0 aliphatic carbocycles. The van der Waals surface area contributed by atoms with Crippen LogP contribution in [0.4, 0.5) is 0 Å². The molecule has 0 aromatic carbocycles. The van der Waals surface area contributed by atoms with Gasteiger partial charge < -0.3 is 13.7 Å². The van der Waals surface area contributed by atoms with E-state index in [1.807, 2.05) is 6.08 Å². The molecule has 1 rings (SSSR count). The molecule has 1 fully saturated rings. The van der Waals surface area contributed by atoms with Gasteiger partial charge in [0, 0.05) is 0 Å². The first-order valence-corrected chi connectivity index (χ1v) is 13.0. The van der Waals surface area contributed by atoms with E-state index in [1.165, 1.54) is 0 Å². The molecule has 0 saturated carbocycles. The lowest BCUT2D eigenvalue weighted by Gasteiger charge is -2.39. The number of unbranched alkanes of at least 4 members (excludes halogenated alkanes) is 1. The highest BCUT2D eigenvalue weighted by Gasteiger charge is 2.53. The van der Waals surface area contributed by atoms with Crippen molar-refractivity contribution in [3.05, 3.63) is 36.4 Å². The molecular weight excluding hydrogens is 351 g/mol. The maximum absolute atomic E-state index is 6.58. The Morgan fingerprint density at radius 2 is 1.59 bits per heavy atom. The lowest BCUT2D eigenvalue weighted by atomic mass is 9.72. The van der Waals surface area contributed by atoms with Crippen LogP contribution >= 0.6 is 0 Å². The molecule has 0 N–H and O–H groups in total. The molecule has 1 unspecified atom stereocenters. The molecule has 0 bridgehead atoms. The van der Waals surface area contributed by atoms with Gasteiger partial charge in [0.15, 0.2) is 8.32 Å². The van der Waals surface area contributed by atoms with E-state index in [4.69, 9.17) is 13.7 Å². The van der Waals surface area contributed by atoms with E-state index in [2.05, 4.69) is 87.7 Å². The largest absolute Gasteiger partial charge is 0.494 e. The molecule has 0 aromatic rings. The van der Waals surface area contributed by atoms with Crippen LogP contribution in [0.3, 0.4) is 0 Å². The summed E-state index contributed by atoms with van der Waals surface area (Å²) in [6.45, 7) is 29.9. The first-order valence-electron chi connectivity index (χ1n) is 10.1. The molecule has 27 heavy (non-hydrogen) atoms. The number of hydrogen-bond donors (Lipinski definition) is 0. The summed E-state index contributed by atoms with van der Waals surface area (Å²) in [7, 11) is -2.32. The van der Waals surface area contributed by atoms with Crippen LogP contribution in [0.5, 0.6) is 0 Å². The molecule has 5 heteroatoms. The summed E-state index contributed by atoms with van der Waals surface area (Å²) in [5, 5.41) is 0.151. The molecule has 1 atom stereocenters. The molecule has 1 saturated heterocycles. The van der Waals surface area contributed by atoms with Gasteiger partial charge in [-0.3, -0.25) is 0 Å². The van der Waals surface area contributed by atoms with Crippen LogP contribution in [0, 0.1) is 0 Å². The molecule has 154 valence electrons. The SMILES string of the molecule is C=CCC/C=C(\B1OC(C)(C)C(C)(C)O1)C(=C)C(C)O[Si](C)(C)C(C)(C)C. The van der Waals surface area contributed by atoms with E-state index < -0.39 is 15.4 Å². The van der Waals surface area contributed by atoms with Crippen molar-refractivity contribution in [1.82, 2.24) is 0 Å². The summed E-state index contributed by atoms with van der Waals surface area (Å²) in [5.74, 6) is 0. The van der Waals surface area contributed by atoms with Crippen molar-refractivity contribution in [3.8, 4) is 0 Å². The van der Waals surface area contributed by atoms with Crippen LogP contribution in [0.15, 0.2) is 36.4 Å². The molecule has 0 amide bonds. The average Bonchev–Trinajstić information content (AvgIpc) is 2.69. The standard InChI is InChI=1S/C22H41BO3Si/c1-13-14-15-16-19(23-25-21(7,8)22(9,10)26-23)17(2)18(3)24-27(11,12)20(4,5)6/h13,16,18H,1-2,14-15H2,3-12H3/b19-16-. The third kappa shape index (κ3) is 5.69. The van der Waals surface area contributed by atoms with Crippen molar-refractivity contribution in [2.24, 2.45) is 0 Å². The smallest absolute Gasteiger partial charge is 0.410 e. The normalized spacial score (nSPS) is 21.3. The summed E-state index contributed by atoms with van der Waals surface area (Å²) < 4.78 is 19.2. The molecular formula is C22H41BO3Si. The van der Waals surface area contributed by atoms with E-state index in [-0.39, 0.29) is 22.3 Å². The van der Waals surface area contributed by atoms with E-state index in [1.54, 1.807) is 0 Å². The zero-order chi connectivity index (χ0) is 21.3. The van der Waals surface area contributed by atoms with Gasteiger partial charge >= 0.3 is 7.12 Å². The van der Waals surface area contributed by atoms with Crippen molar-refractivity contribution in [2.75, 3.05) is 0 Å². The number of hydrogen-bond acceptors (Lipinski definition) is 3. The van der Waals surface area contributed by atoms with Gasteiger partial charge in [-0.15, -0.1) is 6.58 Å². The van der Waals surface area contributed by atoms with Crippen molar-refractivity contribution in [3.63, 3.8) is 0 Å². The Labute approximate surface area is 169 Å². The van der Waals surface area contributed by atoms with E-state index in [0.29, 0.717) is 0 Å². The highest BCUT2D eigenvalue weighted by atomic mass is 28.4. The quantitative estimate of drug-likeness (QED) is 0.205. The van der Waals surface area contributed by atoms with Crippen molar-refractivity contribution >= 4 is 15.4 Å². The van der Waals surface area contributed by atoms with Gasteiger partial charge in [0.25, 0.3) is 0 Å². The fourth-order valence-corrected chi connectivity index (χ4v) is 4.01. The number of rotatable bonds is 8. The monoisotopic (exact) mass is 392 g/mol. The van der Waals surface area contributed by atoms with E-state index >= 15 is 0 Å². The molecule has 1 aliphatic heterocycles. The molecule has 1 aliphatic rings. The summed E-state index contributed by atoms with van der Waals surface area (Å²) in [6.07, 6.45) is 5.82. The van der Waals surface area contributed by atoms with Crippen LogP contribution in [0.2, 0.25) is 18.1 Å². The summed E-state index contributed by atoms with van der Waals surface area (Å²) in [6, 6.07) is 0. The van der Waals surface area contributed by atoms with Crippen molar-refractivity contribution in [2.45, 2.75) is 104 Å². The van der Waals surface area contributed by atoms with Crippen molar-refractivity contribution < 1.29 is 13.7 Å². The average molecular weight is 392 g/mol. The maximum Gasteiger partial charge on any atom is 0.494 e. The lowest BCUT2D eigenvalue weighted by molar-refractivity contribution is 0.00578. The fourth-order valence-electron chi connectivity index (χ4n) is 2.63. The first kappa shape index (κ1) is 24.4. The number of allylic oxidation sites excluding steroid dienone is 2. The fraction of sp³-hybridized carbons (Fsp3) is 0.727. The summed E-state index contributed by atoms with van der Waals surface area (Å²) in [4.78, 5) is 0. The molecule has 0 radical (unpaired) electrons. The Hall–Kier alpha value is -0.618. The second kappa shape index (κ2) is 8.40. The molecule has 0 aromatic heterocycles. The van der Waals surface area contributed by atoms with E-state index in [0.717, 1.165) is 23.9 Å². The Bertz CT molecular complexity index is 569. The zero-order valence-electron chi connectivity index (χ0n) is 19.4. The predicted molar refractivity (Wildman–Crippen MR) is 120 cm³/mol. The van der Waals surface area contributed by atoms with Gasteiger partial charge in [-0.25, -0.2) is 0 Å². The Morgan fingerprint density at radius 1 is 1.11 bits per heavy atom. The first-order chi connectivity index (χ1) is 12.1. The molecule has 0 spiro atoms. The van der Waals surface area contributed by atoms with Gasteiger partial charge in [-0.2, -0.15) is 0 Å². The van der Waals surface area contributed by atoms with Gasteiger partial charge in [-0.05, 0) is 76.6 Å². The molecule has 1 heterocycles. The van der Waals surface area contributed by atoms with Gasteiger partial charge in [-0.1, -0.05) is 39.5 Å². The summed E-state index contributed by atoms with van der Waals surface area (Å²) in [5.41, 5.74) is 1.20. The third-order valence-corrected chi connectivity index (χ3v) is 10.9. The minimum atomic E-state index is -1.90. The van der Waals surface area contributed by atoms with Gasteiger partial charge in [0.1, 0.15) is 0 Å². The maximum atomic E-state index is 6.58. The topological polar surface area (TPSA) is 27.7 Å². The predicted octanol–water partition coefficient (Wildman–Crippen LogP) is 6.48. The zero-order valence-corrected chi connectivity index (χ0v) is 20.4. The van der Waals surface area contributed by atoms with Crippen LogP contribution < -0.4 is 0 Å². The van der Waals surface area contributed by atoms with Crippen LogP contribution in [0.1, 0.15) is 68.2 Å². The Morgan fingerprint density at radius 3 is 2.00 bits per heavy atom. The third-order valence-electron chi connectivity index (χ3n) is 6.38. The lowest BCUT2D eigenvalue weighted by Crippen LogP contribution is -2.44. The van der Waals surface area contributed by atoms with Crippen LogP contribution in [0.25, 0.3) is 0 Å². The van der Waals surface area contributed by atoms with Crippen LogP contribution in [-0.2, 0) is 13.7 Å². The minimum Gasteiger partial charge on any atom is -0.410 e. The minimum absolute atomic E-state index is 0.0834. The summed E-state index contributed by atoms with van der Waals surface area (Å²) >= 11 is 0. The second-order valence-corrected chi connectivity index (χ2v) is 14.9. The van der Waals surface area contributed by atoms with Crippen LogP contribution in [-0.4, -0.2) is 32.7 Å². The highest BCUT2D eigenvalue weighted by molar-refractivity contribution is 6.74. The Balaban J connectivity index is 3.09. The van der Waals surface area contributed by atoms with Gasteiger partial charge in [0.2, 0.25) is 0 Å². The Kier molecular flexibility index (Phi) is 7.60. The van der Waals surface area contributed by atoms with E-state index in [9.17, 15) is 0 Å².